The Hall–Kier alpha value is -2.61. The van der Waals surface area contributed by atoms with Crippen LogP contribution in [0.25, 0.3) is 11.3 Å². The molecule has 0 amide bonds. The van der Waals surface area contributed by atoms with Gasteiger partial charge in [-0.3, -0.25) is 4.98 Å². The summed E-state index contributed by atoms with van der Waals surface area (Å²) in [5, 5.41) is 5.30. The van der Waals surface area contributed by atoms with Gasteiger partial charge in [0.05, 0.1) is 17.9 Å². The highest BCUT2D eigenvalue weighted by molar-refractivity contribution is 7.14. The van der Waals surface area contributed by atoms with Crippen molar-refractivity contribution in [2.45, 2.75) is 39.3 Å². The number of benzene rings is 1. The van der Waals surface area contributed by atoms with E-state index in [1.54, 1.807) is 12.3 Å². The topological polar surface area (TPSA) is 47.0 Å². The highest BCUT2D eigenvalue weighted by Gasteiger charge is 2.34. The molecule has 0 aliphatic heterocycles. The van der Waals surface area contributed by atoms with Gasteiger partial charge in [-0.05, 0) is 43.7 Å². The molecule has 3 rings (SSSR count). The zero-order chi connectivity index (χ0) is 20.9. The minimum Gasteiger partial charge on any atom is -0.493 e. The van der Waals surface area contributed by atoms with E-state index in [0.29, 0.717) is 10.8 Å². The molecule has 0 radical (unpaired) electrons. The summed E-state index contributed by atoms with van der Waals surface area (Å²) in [7, 11) is 0. The Morgan fingerprint density at radius 2 is 1.97 bits per heavy atom. The lowest BCUT2D eigenvalue weighted by molar-refractivity contribution is -0.138. The number of nitrogens with one attached hydrogen (secondary N) is 1. The Morgan fingerprint density at radius 1 is 1.14 bits per heavy atom. The first-order valence-corrected chi connectivity index (χ1v) is 10.2. The molecule has 1 aromatic carbocycles. The maximum Gasteiger partial charge on any atom is 0.420 e. The molecule has 2 aromatic heterocycles. The number of halogens is 3. The molecule has 4 nitrogen and oxygen atoms in total. The van der Waals surface area contributed by atoms with Gasteiger partial charge in [0.2, 0.25) is 0 Å². The molecule has 154 valence electrons. The first kappa shape index (κ1) is 21.1. The van der Waals surface area contributed by atoms with Crippen molar-refractivity contribution in [3.05, 3.63) is 53.2 Å². The van der Waals surface area contributed by atoms with Crippen molar-refractivity contribution >= 4 is 22.2 Å². The fourth-order valence-electron chi connectivity index (χ4n) is 2.70. The van der Waals surface area contributed by atoms with Gasteiger partial charge in [-0.2, -0.15) is 13.2 Å². The van der Waals surface area contributed by atoms with Gasteiger partial charge < -0.3 is 10.1 Å². The third-order valence-corrected chi connectivity index (χ3v) is 5.01. The number of aromatic nitrogens is 2. The number of nitrogens with zero attached hydrogens (tertiary/aromatic N) is 2. The van der Waals surface area contributed by atoms with Gasteiger partial charge in [-0.15, -0.1) is 11.3 Å². The van der Waals surface area contributed by atoms with E-state index in [9.17, 15) is 13.2 Å². The molecule has 8 heteroatoms. The van der Waals surface area contributed by atoms with Crippen LogP contribution >= 0.6 is 11.3 Å². The summed E-state index contributed by atoms with van der Waals surface area (Å²) in [6.07, 6.45) is -0.153. The van der Waals surface area contributed by atoms with Crippen molar-refractivity contribution in [3.8, 4) is 17.0 Å². The molecular formula is C21H22F3N3OS. The van der Waals surface area contributed by atoms with Gasteiger partial charge in [0.1, 0.15) is 5.75 Å². The first-order valence-electron chi connectivity index (χ1n) is 9.36. The highest BCUT2D eigenvalue weighted by Crippen LogP contribution is 2.39. The molecule has 1 N–H and O–H groups in total. The Balaban J connectivity index is 1.76. The van der Waals surface area contributed by atoms with E-state index >= 15 is 0 Å². The van der Waals surface area contributed by atoms with Crippen LogP contribution in [-0.4, -0.2) is 16.6 Å². The van der Waals surface area contributed by atoms with E-state index in [-0.39, 0.29) is 12.4 Å². The summed E-state index contributed by atoms with van der Waals surface area (Å²) in [6, 6.07) is 7.78. The van der Waals surface area contributed by atoms with E-state index in [2.05, 4.69) is 15.3 Å². The molecule has 0 saturated heterocycles. The summed E-state index contributed by atoms with van der Waals surface area (Å²) in [6.45, 7) is 4.19. The van der Waals surface area contributed by atoms with Crippen molar-refractivity contribution in [2.24, 2.45) is 0 Å². The summed E-state index contributed by atoms with van der Waals surface area (Å²) in [4.78, 5) is 8.68. The molecule has 0 aliphatic carbocycles. The SMILES string of the molecule is CCCCCOc1ccc(Nc2nc(-c3ccc(C)nc3)cs2)cc1C(F)(F)F. The average molecular weight is 421 g/mol. The monoisotopic (exact) mass is 421 g/mol. The number of alkyl halides is 3. The lowest BCUT2D eigenvalue weighted by atomic mass is 10.1. The Bertz CT molecular complexity index is 939. The fourth-order valence-corrected chi connectivity index (χ4v) is 3.44. The van der Waals surface area contributed by atoms with Crippen LogP contribution in [0.3, 0.4) is 0 Å². The van der Waals surface area contributed by atoms with Gasteiger partial charge in [-0.1, -0.05) is 19.8 Å². The molecule has 2 heterocycles. The van der Waals surface area contributed by atoms with Crippen molar-refractivity contribution < 1.29 is 17.9 Å². The first-order chi connectivity index (χ1) is 13.9. The molecule has 3 aromatic rings. The van der Waals surface area contributed by atoms with Gasteiger partial charge in [0.15, 0.2) is 5.13 Å². The van der Waals surface area contributed by atoms with Crippen LogP contribution in [0.4, 0.5) is 24.0 Å². The molecule has 0 unspecified atom stereocenters. The van der Waals surface area contributed by atoms with Gasteiger partial charge in [0.25, 0.3) is 0 Å². The standard InChI is InChI=1S/C21H22F3N3OS/c1-3-4-5-10-28-19-9-8-16(11-17(19)21(22,23)24)26-20-27-18(13-29-20)15-7-6-14(2)25-12-15/h6-9,11-13H,3-5,10H2,1-2H3,(H,26,27). The summed E-state index contributed by atoms with van der Waals surface area (Å²) in [5.41, 5.74) is 1.99. The number of aryl methyl sites for hydroxylation is 1. The van der Waals surface area contributed by atoms with E-state index in [4.69, 9.17) is 4.74 Å². The minimum absolute atomic E-state index is 0.148. The zero-order valence-electron chi connectivity index (χ0n) is 16.2. The average Bonchev–Trinajstić information content (AvgIpc) is 3.14. The molecule has 0 spiro atoms. The molecule has 0 bridgehead atoms. The van der Waals surface area contributed by atoms with Crippen molar-refractivity contribution in [2.75, 3.05) is 11.9 Å². The summed E-state index contributed by atoms with van der Waals surface area (Å²) < 4.78 is 45.8. The third-order valence-electron chi connectivity index (χ3n) is 4.25. The molecule has 0 atom stereocenters. The number of unbranched alkanes of at least 4 members (excludes halogenated alkanes) is 2. The predicted molar refractivity (Wildman–Crippen MR) is 110 cm³/mol. The van der Waals surface area contributed by atoms with Crippen LogP contribution in [0, 0.1) is 6.92 Å². The van der Waals surface area contributed by atoms with Crippen LogP contribution in [0.5, 0.6) is 5.75 Å². The molecular weight excluding hydrogens is 399 g/mol. The van der Waals surface area contributed by atoms with Crippen LogP contribution < -0.4 is 10.1 Å². The maximum absolute atomic E-state index is 13.5. The number of hydrogen-bond acceptors (Lipinski definition) is 5. The number of pyridine rings is 1. The lowest BCUT2D eigenvalue weighted by Crippen LogP contribution is -2.10. The third kappa shape index (κ3) is 5.69. The van der Waals surface area contributed by atoms with Gasteiger partial charge >= 0.3 is 6.18 Å². The maximum atomic E-state index is 13.5. The lowest BCUT2D eigenvalue weighted by Gasteiger charge is -2.15. The summed E-state index contributed by atoms with van der Waals surface area (Å²) >= 11 is 1.32. The van der Waals surface area contributed by atoms with Gasteiger partial charge in [-0.25, -0.2) is 4.98 Å². The van der Waals surface area contributed by atoms with Crippen LogP contribution in [-0.2, 0) is 6.18 Å². The molecule has 29 heavy (non-hydrogen) atoms. The second-order valence-corrected chi connectivity index (χ2v) is 7.47. The smallest absolute Gasteiger partial charge is 0.420 e. The minimum atomic E-state index is -4.50. The van der Waals surface area contributed by atoms with E-state index in [1.807, 2.05) is 31.4 Å². The van der Waals surface area contributed by atoms with Crippen LogP contribution in [0.2, 0.25) is 0 Å². The predicted octanol–water partition coefficient (Wildman–Crippen LogP) is 6.84. The fraction of sp³-hybridized carbons (Fsp3) is 0.333. The van der Waals surface area contributed by atoms with Gasteiger partial charge in [0, 0.05) is 28.5 Å². The number of hydrogen-bond donors (Lipinski definition) is 1. The molecule has 0 fully saturated rings. The Kier molecular flexibility index (Phi) is 6.74. The van der Waals surface area contributed by atoms with Crippen molar-refractivity contribution in [1.82, 2.24) is 9.97 Å². The number of rotatable bonds is 8. The van der Waals surface area contributed by atoms with Crippen molar-refractivity contribution in [1.29, 1.82) is 0 Å². The second-order valence-electron chi connectivity index (χ2n) is 6.62. The Morgan fingerprint density at radius 3 is 2.66 bits per heavy atom. The van der Waals surface area contributed by atoms with E-state index < -0.39 is 11.7 Å². The van der Waals surface area contributed by atoms with Crippen molar-refractivity contribution in [3.63, 3.8) is 0 Å². The van der Waals surface area contributed by atoms with Crippen LogP contribution in [0.15, 0.2) is 41.9 Å². The molecule has 0 saturated carbocycles. The van der Waals surface area contributed by atoms with Crippen LogP contribution in [0.1, 0.15) is 37.4 Å². The van der Waals surface area contributed by atoms with E-state index in [1.165, 1.54) is 17.4 Å². The normalized spacial score (nSPS) is 11.5. The highest BCUT2D eigenvalue weighted by atomic mass is 32.1. The summed E-state index contributed by atoms with van der Waals surface area (Å²) in [5.74, 6) is -0.148. The number of thiazole rings is 1. The zero-order valence-corrected chi connectivity index (χ0v) is 17.0. The second kappa shape index (κ2) is 9.26. The quantitative estimate of drug-likeness (QED) is 0.404. The van der Waals surface area contributed by atoms with E-state index in [0.717, 1.165) is 42.3 Å². The largest absolute Gasteiger partial charge is 0.493 e. The molecule has 0 aliphatic rings. The number of anilines is 2. The Labute approximate surface area is 171 Å². The number of ether oxygens (including phenoxy) is 1.